The van der Waals surface area contributed by atoms with Crippen LogP contribution in [-0.2, 0) is 6.18 Å². The number of nitrogens with zero attached hydrogens (tertiary/aromatic N) is 4. The van der Waals surface area contributed by atoms with Crippen LogP contribution in [0, 0.1) is 0 Å². The first-order valence-electron chi connectivity index (χ1n) is 15.0. The van der Waals surface area contributed by atoms with E-state index in [4.69, 9.17) is 20.7 Å². The Morgan fingerprint density at radius 1 is 0.574 bits per heavy atom. The minimum absolute atomic E-state index is 0.668. The Labute approximate surface area is 269 Å². The van der Waals surface area contributed by atoms with Crippen molar-refractivity contribution in [2.45, 2.75) is 13.1 Å². The van der Waals surface area contributed by atoms with E-state index in [0.29, 0.717) is 34.0 Å². The van der Waals surface area contributed by atoms with Gasteiger partial charge in [-0.15, -0.1) is 0 Å². The molecule has 7 aromatic rings. The molecule has 230 valence electrons. The lowest BCUT2D eigenvalue weighted by molar-refractivity contribution is -0.137. The molecule has 0 aliphatic rings. The third-order valence-electron chi connectivity index (χ3n) is 7.99. The summed E-state index contributed by atoms with van der Waals surface area (Å²) >= 11 is 0. The van der Waals surface area contributed by atoms with Gasteiger partial charge in [-0.25, -0.2) is 15.0 Å². The molecule has 3 aromatic carbocycles. The third-order valence-corrected chi connectivity index (χ3v) is 7.99. The largest absolute Gasteiger partial charge is 0.416 e. The van der Waals surface area contributed by atoms with E-state index in [0.717, 1.165) is 51.4 Å². The Morgan fingerprint density at radius 2 is 1.09 bits per heavy atom. The van der Waals surface area contributed by atoms with E-state index in [1.807, 2.05) is 122 Å². The quantitative estimate of drug-likeness (QED) is 0.200. The van der Waals surface area contributed by atoms with Crippen LogP contribution >= 0.6 is 0 Å². The van der Waals surface area contributed by atoms with Crippen LogP contribution < -0.4 is 5.73 Å². The summed E-state index contributed by atoms with van der Waals surface area (Å²) in [7, 11) is 0. The van der Waals surface area contributed by atoms with Crippen molar-refractivity contribution < 1.29 is 13.2 Å². The van der Waals surface area contributed by atoms with Gasteiger partial charge in [0.25, 0.3) is 0 Å². The van der Waals surface area contributed by atoms with Crippen molar-refractivity contribution in [2.24, 2.45) is 0 Å². The van der Waals surface area contributed by atoms with Gasteiger partial charge in [-0.05, 0) is 78.7 Å². The summed E-state index contributed by atoms with van der Waals surface area (Å²) < 4.78 is 41.0. The molecular weight excluding hydrogens is 595 g/mol. The van der Waals surface area contributed by atoms with Gasteiger partial charge in [-0.2, -0.15) is 13.2 Å². The highest BCUT2D eigenvalue weighted by Crippen LogP contribution is 2.34. The summed E-state index contributed by atoms with van der Waals surface area (Å²) in [6.07, 6.45) is -0.411. The lowest BCUT2D eigenvalue weighted by Crippen LogP contribution is -2.03. The van der Waals surface area contributed by atoms with Crippen LogP contribution in [0.2, 0.25) is 0 Å². The van der Waals surface area contributed by atoms with E-state index in [-0.39, 0.29) is 0 Å². The Kier molecular flexibility index (Phi) is 7.61. The molecule has 0 atom stereocenters. The number of halogens is 3. The van der Waals surface area contributed by atoms with Crippen LogP contribution in [0.1, 0.15) is 18.2 Å². The Bertz CT molecular complexity index is 2250. The minimum atomic E-state index is -4.36. The first-order valence-corrected chi connectivity index (χ1v) is 15.0. The van der Waals surface area contributed by atoms with Crippen LogP contribution in [0.25, 0.3) is 68.0 Å². The Hall–Kier alpha value is -6.02. The van der Waals surface area contributed by atoms with Gasteiger partial charge in [0, 0.05) is 10.9 Å². The van der Waals surface area contributed by atoms with E-state index in [2.05, 4.69) is 4.57 Å². The standard InChI is InChI=1S/C39H28F3N5/c1-2-8-36-38(43)29-9-3-4-15-35(29)47(36)37-16-7-14-34(46-37)33-13-6-12-32(45-33)31-11-5-10-30(44-31)27-19-17-25(18-20-27)26-21-23-28(24-22-26)39(40,41)42/h2-24H,43H2,1H3/b8-2-. The molecule has 0 bridgehead atoms. The summed E-state index contributed by atoms with van der Waals surface area (Å²) in [4.78, 5) is 14.8. The summed E-state index contributed by atoms with van der Waals surface area (Å²) in [6.45, 7) is 1.96. The van der Waals surface area contributed by atoms with Crippen molar-refractivity contribution >= 4 is 22.7 Å². The highest BCUT2D eigenvalue weighted by atomic mass is 19.4. The molecule has 0 amide bonds. The monoisotopic (exact) mass is 623 g/mol. The molecule has 0 saturated heterocycles. The van der Waals surface area contributed by atoms with Gasteiger partial charge in [-0.1, -0.05) is 78.9 Å². The Balaban J connectivity index is 1.18. The summed E-state index contributed by atoms with van der Waals surface area (Å²) in [5.41, 5.74) is 14.4. The number of pyridine rings is 3. The number of alkyl halides is 3. The number of allylic oxidation sites excluding steroid dienone is 1. The number of rotatable bonds is 6. The van der Waals surface area contributed by atoms with Gasteiger partial charge >= 0.3 is 6.18 Å². The summed E-state index contributed by atoms with van der Waals surface area (Å²) in [5.74, 6) is 0.732. The molecule has 0 fully saturated rings. The van der Waals surface area contributed by atoms with Crippen molar-refractivity contribution in [2.75, 3.05) is 5.73 Å². The van der Waals surface area contributed by atoms with Crippen molar-refractivity contribution in [1.82, 2.24) is 19.5 Å². The topological polar surface area (TPSA) is 69.6 Å². The third kappa shape index (κ3) is 5.77. The number of aromatic nitrogens is 4. The molecule has 0 radical (unpaired) electrons. The average Bonchev–Trinajstić information content (AvgIpc) is 3.39. The van der Waals surface area contributed by atoms with E-state index in [1.165, 1.54) is 12.1 Å². The number of anilines is 1. The molecule has 2 N–H and O–H groups in total. The molecule has 8 heteroatoms. The maximum absolute atomic E-state index is 13.0. The van der Waals surface area contributed by atoms with E-state index in [9.17, 15) is 13.2 Å². The van der Waals surface area contributed by atoms with Crippen molar-refractivity contribution in [3.63, 3.8) is 0 Å². The van der Waals surface area contributed by atoms with E-state index in [1.54, 1.807) is 0 Å². The normalized spacial score (nSPS) is 11.8. The predicted octanol–water partition coefficient (Wildman–Crippen LogP) is 10.1. The number of nitrogens with two attached hydrogens (primary N) is 1. The molecule has 0 aliphatic carbocycles. The summed E-state index contributed by atoms with van der Waals surface area (Å²) in [6, 6.07) is 38.2. The van der Waals surface area contributed by atoms with Gasteiger partial charge in [0.15, 0.2) is 0 Å². The van der Waals surface area contributed by atoms with E-state index < -0.39 is 11.7 Å². The zero-order valence-electron chi connectivity index (χ0n) is 25.3. The molecule has 0 spiro atoms. The first-order chi connectivity index (χ1) is 22.8. The average molecular weight is 624 g/mol. The molecule has 4 aromatic heterocycles. The molecular formula is C39H28F3N5. The fourth-order valence-corrected chi connectivity index (χ4v) is 5.69. The SMILES string of the molecule is C/C=C\c1c(N)c2ccccc2n1-c1cccc(-c2cccc(-c3cccc(-c4ccc(-c5ccc(C(F)(F)F)cc5)cc4)n3)n2)n1. The number of hydrogen-bond acceptors (Lipinski definition) is 4. The molecule has 47 heavy (non-hydrogen) atoms. The van der Waals surface area contributed by atoms with Crippen LogP contribution in [0.5, 0.6) is 0 Å². The van der Waals surface area contributed by atoms with Gasteiger partial charge in [-0.3, -0.25) is 4.57 Å². The smallest absolute Gasteiger partial charge is 0.396 e. The maximum atomic E-state index is 13.0. The molecule has 0 aliphatic heterocycles. The lowest BCUT2D eigenvalue weighted by atomic mass is 10.0. The molecule has 4 heterocycles. The fourth-order valence-electron chi connectivity index (χ4n) is 5.69. The van der Waals surface area contributed by atoms with Crippen molar-refractivity contribution in [3.8, 4) is 51.0 Å². The highest BCUT2D eigenvalue weighted by molar-refractivity contribution is 5.98. The van der Waals surface area contributed by atoms with Crippen molar-refractivity contribution in [1.29, 1.82) is 0 Å². The number of fused-ring (bicyclic) bond motifs is 1. The zero-order valence-corrected chi connectivity index (χ0v) is 25.3. The fraction of sp³-hybridized carbons (Fsp3) is 0.0513. The highest BCUT2D eigenvalue weighted by Gasteiger charge is 2.30. The minimum Gasteiger partial charge on any atom is -0.396 e. The van der Waals surface area contributed by atoms with Gasteiger partial charge < -0.3 is 5.73 Å². The van der Waals surface area contributed by atoms with Gasteiger partial charge in [0.2, 0.25) is 0 Å². The molecule has 0 saturated carbocycles. The number of para-hydroxylation sites is 1. The summed E-state index contributed by atoms with van der Waals surface area (Å²) in [5, 5.41) is 0.966. The molecule has 0 unspecified atom stereocenters. The maximum Gasteiger partial charge on any atom is 0.416 e. The van der Waals surface area contributed by atoms with Gasteiger partial charge in [0.1, 0.15) is 5.82 Å². The first kappa shape index (κ1) is 29.7. The van der Waals surface area contributed by atoms with Crippen LogP contribution in [0.4, 0.5) is 18.9 Å². The van der Waals surface area contributed by atoms with Crippen LogP contribution in [-0.4, -0.2) is 19.5 Å². The number of hydrogen-bond donors (Lipinski definition) is 1. The predicted molar refractivity (Wildman–Crippen MR) is 183 cm³/mol. The Morgan fingerprint density at radius 3 is 1.70 bits per heavy atom. The van der Waals surface area contributed by atoms with Crippen LogP contribution in [0.3, 0.4) is 0 Å². The van der Waals surface area contributed by atoms with Crippen molar-refractivity contribution in [3.05, 3.63) is 145 Å². The lowest BCUT2D eigenvalue weighted by Gasteiger charge is -2.11. The second-order valence-corrected chi connectivity index (χ2v) is 11.0. The molecule has 5 nitrogen and oxygen atoms in total. The van der Waals surface area contributed by atoms with E-state index >= 15 is 0 Å². The number of nitrogen functional groups attached to an aromatic ring is 1. The van der Waals surface area contributed by atoms with Crippen LogP contribution in [0.15, 0.2) is 133 Å². The molecule has 7 rings (SSSR count). The second kappa shape index (κ2) is 12.1. The second-order valence-electron chi connectivity index (χ2n) is 11.0. The van der Waals surface area contributed by atoms with Gasteiger partial charge in [0.05, 0.1) is 50.9 Å². The zero-order chi connectivity index (χ0) is 32.5. The number of benzene rings is 3.